The summed E-state index contributed by atoms with van der Waals surface area (Å²) in [5.74, 6) is -0.232. The molecule has 20 heavy (non-hydrogen) atoms. The fourth-order valence-corrected chi connectivity index (χ4v) is 3.03. The summed E-state index contributed by atoms with van der Waals surface area (Å²) >= 11 is 0. The maximum absolute atomic E-state index is 12.1. The number of imide groups is 1. The van der Waals surface area contributed by atoms with Crippen molar-refractivity contribution in [1.82, 2.24) is 4.90 Å². The number of nitrogens with zero attached hydrogens (tertiary/aromatic N) is 1. The molecule has 3 saturated heterocycles. The molecule has 0 bridgehead atoms. The number of amides is 2. The van der Waals surface area contributed by atoms with Gasteiger partial charge >= 0.3 is 0 Å². The van der Waals surface area contributed by atoms with Crippen molar-refractivity contribution < 1.29 is 19.1 Å². The Balaban J connectivity index is 0.000000340. The van der Waals surface area contributed by atoms with Crippen LogP contribution in [0.4, 0.5) is 0 Å². The summed E-state index contributed by atoms with van der Waals surface area (Å²) in [4.78, 5) is 25.6. The van der Waals surface area contributed by atoms with E-state index in [1.54, 1.807) is 0 Å². The molecule has 4 rings (SSSR count). The van der Waals surface area contributed by atoms with Crippen LogP contribution in [0.3, 0.4) is 0 Å². The average Bonchev–Trinajstić information content (AvgIpc) is 3.39. The van der Waals surface area contributed by atoms with E-state index in [4.69, 9.17) is 9.47 Å². The number of hydrogen-bond acceptors (Lipinski definition) is 4. The Labute approximate surface area is 119 Å². The Hall–Kier alpha value is -1.20. The number of rotatable bonds is 2. The van der Waals surface area contributed by atoms with E-state index in [0.29, 0.717) is 13.2 Å². The lowest BCUT2D eigenvalue weighted by atomic mass is 9.81. The highest BCUT2D eigenvalue weighted by Gasteiger charge is 2.58. The molecule has 0 spiro atoms. The number of likely N-dealkylation sites (tertiary alicyclic amines) is 1. The number of ether oxygens (including phenoxy) is 2. The Morgan fingerprint density at radius 2 is 1.55 bits per heavy atom. The molecule has 0 aromatic carbocycles. The number of hydrogen-bond donors (Lipinski definition) is 0. The first-order valence-electron chi connectivity index (χ1n) is 7.36. The van der Waals surface area contributed by atoms with Gasteiger partial charge in [0.15, 0.2) is 0 Å². The Morgan fingerprint density at radius 3 is 1.95 bits per heavy atom. The predicted molar refractivity (Wildman–Crippen MR) is 73.9 cm³/mol. The zero-order valence-electron chi connectivity index (χ0n) is 12.2. The third-order valence-electron chi connectivity index (χ3n) is 4.10. The van der Waals surface area contributed by atoms with Crippen LogP contribution in [0.2, 0.25) is 0 Å². The Kier molecular flexibility index (Phi) is 4.60. The second-order valence-electron chi connectivity index (χ2n) is 5.14. The van der Waals surface area contributed by atoms with E-state index in [-0.39, 0.29) is 42.0 Å². The predicted octanol–water partition coefficient (Wildman–Crippen LogP) is 1.38. The molecule has 5 nitrogen and oxygen atoms in total. The van der Waals surface area contributed by atoms with Crippen LogP contribution < -0.4 is 0 Å². The third-order valence-corrected chi connectivity index (χ3v) is 4.10. The molecule has 0 radical (unpaired) electrons. The lowest BCUT2D eigenvalue weighted by molar-refractivity contribution is -0.140. The zero-order chi connectivity index (χ0) is 14.9. The van der Waals surface area contributed by atoms with Gasteiger partial charge in [-0.25, -0.2) is 0 Å². The summed E-state index contributed by atoms with van der Waals surface area (Å²) in [6.07, 6.45) is 2.06. The number of carbonyl (C=O) groups is 2. The fourth-order valence-electron chi connectivity index (χ4n) is 3.03. The molecule has 4 aliphatic rings. The first-order valence-corrected chi connectivity index (χ1v) is 7.36. The maximum Gasteiger partial charge on any atom is 0.233 e. The molecule has 5 atom stereocenters. The van der Waals surface area contributed by atoms with Gasteiger partial charge in [0.2, 0.25) is 11.8 Å². The molecule has 0 aromatic heterocycles. The molecular formula is C15H23NO4. The molecule has 0 aromatic rings. The Morgan fingerprint density at radius 1 is 1.10 bits per heavy atom. The van der Waals surface area contributed by atoms with Crippen molar-refractivity contribution in [3.8, 4) is 0 Å². The third kappa shape index (κ3) is 2.65. The first-order chi connectivity index (χ1) is 9.74. The number of epoxide rings is 2. The van der Waals surface area contributed by atoms with E-state index in [9.17, 15) is 9.59 Å². The normalized spacial score (nSPS) is 39.7. The minimum atomic E-state index is -0.116. The summed E-state index contributed by atoms with van der Waals surface area (Å²) in [6.45, 7) is 11.1. The second-order valence-corrected chi connectivity index (χ2v) is 5.14. The van der Waals surface area contributed by atoms with E-state index < -0.39 is 0 Å². The van der Waals surface area contributed by atoms with Crippen molar-refractivity contribution in [2.75, 3.05) is 13.2 Å². The lowest BCUT2D eigenvalue weighted by Gasteiger charge is -2.16. The molecule has 5 unspecified atom stereocenters. The monoisotopic (exact) mass is 281 g/mol. The molecule has 5 heteroatoms. The Bertz CT molecular complexity index is 365. The standard InChI is InChI=1S/C11H13NO4.C2H6.C2H4/c13-10-6-1-8-9(16-8)2-7(6)11(14)12(10)3-5-4-15-5;2*1-2/h5-9H,1-4H2;1-2H3;1-2H2. The topological polar surface area (TPSA) is 62.4 Å². The van der Waals surface area contributed by atoms with Crippen LogP contribution in [-0.4, -0.2) is 48.2 Å². The van der Waals surface area contributed by atoms with Crippen molar-refractivity contribution >= 4 is 11.8 Å². The summed E-state index contributed by atoms with van der Waals surface area (Å²) in [5.41, 5.74) is 0. The highest BCUT2D eigenvalue weighted by atomic mass is 16.6. The van der Waals surface area contributed by atoms with Gasteiger partial charge in [0.1, 0.15) is 0 Å². The minimum absolute atomic E-state index is 0.000509. The smallest absolute Gasteiger partial charge is 0.233 e. The maximum atomic E-state index is 12.1. The van der Waals surface area contributed by atoms with E-state index in [1.165, 1.54) is 4.90 Å². The highest BCUT2D eigenvalue weighted by Crippen LogP contribution is 2.47. The SMILES string of the molecule is C=C.CC.O=C1C2CC3OC3CC2C(=O)N1CC1CO1. The number of fused-ring (bicyclic) bond motifs is 2. The van der Waals surface area contributed by atoms with Crippen molar-refractivity contribution in [3.63, 3.8) is 0 Å². The molecule has 3 aliphatic heterocycles. The lowest BCUT2D eigenvalue weighted by Crippen LogP contribution is -2.34. The van der Waals surface area contributed by atoms with Crippen LogP contribution in [0.1, 0.15) is 26.7 Å². The van der Waals surface area contributed by atoms with Gasteiger partial charge in [-0.2, -0.15) is 0 Å². The molecule has 4 fully saturated rings. The summed E-state index contributed by atoms with van der Waals surface area (Å²) < 4.78 is 10.5. The van der Waals surface area contributed by atoms with Gasteiger partial charge in [0.25, 0.3) is 0 Å². The van der Waals surface area contributed by atoms with Crippen molar-refractivity contribution in [1.29, 1.82) is 0 Å². The van der Waals surface area contributed by atoms with Crippen LogP contribution in [0.25, 0.3) is 0 Å². The highest BCUT2D eigenvalue weighted by molar-refractivity contribution is 6.05. The number of carbonyl (C=O) groups excluding carboxylic acids is 2. The van der Waals surface area contributed by atoms with E-state index in [0.717, 1.165) is 12.8 Å². The summed E-state index contributed by atoms with van der Waals surface area (Å²) in [5, 5.41) is 0. The van der Waals surface area contributed by atoms with Crippen LogP contribution in [0, 0.1) is 11.8 Å². The quantitative estimate of drug-likeness (QED) is 0.436. The molecule has 112 valence electrons. The second kappa shape index (κ2) is 6.06. The molecule has 3 heterocycles. The summed E-state index contributed by atoms with van der Waals surface area (Å²) in [7, 11) is 0. The molecule has 1 saturated carbocycles. The van der Waals surface area contributed by atoms with Crippen molar-refractivity contribution in [3.05, 3.63) is 13.2 Å². The van der Waals surface area contributed by atoms with Crippen LogP contribution in [-0.2, 0) is 19.1 Å². The molecular weight excluding hydrogens is 258 g/mol. The van der Waals surface area contributed by atoms with Gasteiger partial charge in [-0.15, -0.1) is 13.2 Å². The fraction of sp³-hybridized carbons (Fsp3) is 0.733. The zero-order valence-corrected chi connectivity index (χ0v) is 12.2. The van der Waals surface area contributed by atoms with Gasteiger partial charge in [-0.3, -0.25) is 14.5 Å². The molecule has 0 N–H and O–H groups in total. The largest absolute Gasteiger partial charge is 0.371 e. The minimum Gasteiger partial charge on any atom is -0.371 e. The average molecular weight is 281 g/mol. The van der Waals surface area contributed by atoms with Gasteiger partial charge in [-0.1, -0.05) is 13.8 Å². The van der Waals surface area contributed by atoms with E-state index in [2.05, 4.69) is 13.2 Å². The molecule has 2 amide bonds. The van der Waals surface area contributed by atoms with Crippen LogP contribution in [0.5, 0.6) is 0 Å². The molecule has 1 aliphatic carbocycles. The van der Waals surface area contributed by atoms with Gasteiger partial charge in [-0.05, 0) is 12.8 Å². The van der Waals surface area contributed by atoms with Gasteiger partial charge in [0, 0.05) is 0 Å². The van der Waals surface area contributed by atoms with Crippen molar-refractivity contribution in [2.45, 2.75) is 45.0 Å². The van der Waals surface area contributed by atoms with Gasteiger partial charge in [0.05, 0.1) is 43.3 Å². The van der Waals surface area contributed by atoms with Gasteiger partial charge < -0.3 is 9.47 Å². The van der Waals surface area contributed by atoms with Crippen LogP contribution in [0.15, 0.2) is 13.2 Å². The first kappa shape index (κ1) is 15.2. The summed E-state index contributed by atoms with van der Waals surface area (Å²) in [6, 6.07) is 0. The van der Waals surface area contributed by atoms with E-state index in [1.807, 2.05) is 13.8 Å². The van der Waals surface area contributed by atoms with E-state index >= 15 is 0 Å². The van der Waals surface area contributed by atoms with Crippen molar-refractivity contribution in [2.24, 2.45) is 11.8 Å². The van der Waals surface area contributed by atoms with Crippen LogP contribution >= 0.6 is 0 Å².